The van der Waals surface area contributed by atoms with Gasteiger partial charge >= 0.3 is 148 Å². The van der Waals surface area contributed by atoms with Crippen molar-refractivity contribution < 1.29 is 9.90 Å². The van der Waals surface area contributed by atoms with Gasteiger partial charge < -0.3 is 0 Å². The quantitative estimate of drug-likeness (QED) is 0.507. The van der Waals surface area contributed by atoms with Gasteiger partial charge in [-0.15, -0.1) is 0 Å². The summed E-state index contributed by atoms with van der Waals surface area (Å²) in [6.07, 6.45) is 9.30. The minimum absolute atomic E-state index is 0.170. The standard InChI is InChI=1S/C7H12NO2.3C4H9.Sn/c1-6(9)8-4-2-7(10)3-5-8;3*1-3-4-2;/h10H,2-5H2,1H3;3*1,3-4H2,2H3;. The number of aliphatic hydroxyl groups is 1. The molecule has 0 aromatic carbocycles. The molecular weight excluding hydrogens is 393 g/mol. The number of hydrogen-bond acceptors (Lipinski definition) is 2. The average Bonchev–Trinajstić information content (AvgIpc) is 2.54. The Balaban J connectivity index is 2.96. The van der Waals surface area contributed by atoms with Crippen LogP contribution in [0.4, 0.5) is 0 Å². The van der Waals surface area contributed by atoms with Crippen LogP contribution in [0.2, 0.25) is 13.3 Å². The van der Waals surface area contributed by atoms with Crippen molar-refractivity contribution >= 4 is 24.3 Å². The van der Waals surface area contributed by atoms with Crippen LogP contribution in [-0.2, 0) is 4.79 Å². The van der Waals surface area contributed by atoms with Crippen LogP contribution in [0.3, 0.4) is 0 Å². The first-order valence-corrected chi connectivity index (χ1v) is 17.4. The van der Waals surface area contributed by atoms with Gasteiger partial charge in [0.2, 0.25) is 0 Å². The molecule has 4 heteroatoms. The van der Waals surface area contributed by atoms with E-state index in [-0.39, 0.29) is 9.52 Å². The number of carbonyl (C=O) groups is 1. The predicted octanol–water partition coefficient (Wildman–Crippen LogP) is 4.75. The van der Waals surface area contributed by atoms with E-state index in [1.165, 1.54) is 51.8 Å². The molecule has 1 rings (SSSR count). The van der Waals surface area contributed by atoms with E-state index in [9.17, 15) is 9.90 Å². The van der Waals surface area contributed by atoms with Crippen molar-refractivity contribution in [1.82, 2.24) is 4.90 Å². The summed E-state index contributed by atoms with van der Waals surface area (Å²) in [6, 6.07) is 0. The van der Waals surface area contributed by atoms with Crippen LogP contribution in [-0.4, -0.2) is 51.0 Å². The van der Waals surface area contributed by atoms with Crippen LogP contribution in [0.25, 0.3) is 0 Å². The third-order valence-corrected chi connectivity index (χ3v) is 24.3. The third kappa shape index (κ3) is 5.62. The Hall–Kier alpha value is 0.229. The zero-order valence-corrected chi connectivity index (χ0v) is 18.8. The molecule has 0 unspecified atom stereocenters. The summed E-state index contributed by atoms with van der Waals surface area (Å²) in [5, 5.41) is 11.7. The molecule has 0 aromatic rings. The molecular formula is C19H39NO2Sn. The molecule has 0 bridgehead atoms. The zero-order chi connectivity index (χ0) is 17.3. The maximum atomic E-state index is 11.7. The second kappa shape index (κ2) is 10.3. The fraction of sp³-hybridized carbons (Fsp3) is 0.947. The Morgan fingerprint density at radius 2 is 1.35 bits per heavy atom. The van der Waals surface area contributed by atoms with Crippen LogP contribution in [0.5, 0.6) is 0 Å². The summed E-state index contributed by atoms with van der Waals surface area (Å²) in [6.45, 7) is 10.0. The molecule has 0 radical (unpaired) electrons. The van der Waals surface area contributed by atoms with E-state index >= 15 is 0 Å². The van der Waals surface area contributed by atoms with Crippen molar-refractivity contribution in [2.45, 2.75) is 96.0 Å². The van der Waals surface area contributed by atoms with Crippen LogP contribution in [0.1, 0.15) is 79.1 Å². The van der Waals surface area contributed by atoms with Crippen LogP contribution in [0, 0.1) is 0 Å². The number of likely N-dealkylation sites (tertiary alicyclic amines) is 1. The normalized spacial score (nSPS) is 18.2. The number of unbranched alkanes of at least 4 members (excludes halogenated alkanes) is 3. The summed E-state index contributed by atoms with van der Waals surface area (Å²) >= 11 is -2.64. The van der Waals surface area contributed by atoms with E-state index in [0.29, 0.717) is 0 Å². The molecule has 1 heterocycles. The molecule has 1 amide bonds. The van der Waals surface area contributed by atoms with Gasteiger partial charge in [-0.05, 0) is 0 Å². The number of hydrogen-bond donors (Lipinski definition) is 1. The first kappa shape index (κ1) is 21.3. The van der Waals surface area contributed by atoms with Gasteiger partial charge in [0, 0.05) is 0 Å². The van der Waals surface area contributed by atoms with E-state index in [4.69, 9.17) is 0 Å². The molecule has 1 fully saturated rings. The number of carbonyl (C=O) groups excluding carboxylic acids is 1. The van der Waals surface area contributed by atoms with E-state index in [0.717, 1.165) is 25.9 Å². The molecule has 0 aromatic heterocycles. The molecule has 0 atom stereocenters. The number of amides is 1. The van der Waals surface area contributed by atoms with Crippen LogP contribution in [0.15, 0.2) is 0 Å². The van der Waals surface area contributed by atoms with Crippen LogP contribution >= 0.6 is 0 Å². The molecule has 0 aliphatic carbocycles. The minimum atomic E-state index is -2.64. The van der Waals surface area contributed by atoms with E-state index < -0.39 is 18.4 Å². The van der Waals surface area contributed by atoms with Gasteiger partial charge in [-0.2, -0.15) is 0 Å². The van der Waals surface area contributed by atoms with E-state index in [2.05, 4.69) is 20.8 Å². The molecule has 1 aliphatic rings. The van der Waals surface area contributed by atoms with Gasteiger partial charge in [0.05, 0.1) is 0 Å². The molecule has 3 nitrogen and oxygen atoms in total. The SMILES string of the molecule is CCC[CH2][Sn]([CH2]CCC)([CH2]CCC)[C]1(O)CCN(C(C)=O)CC1. The average molecular weight is 432 g/mol. The first-order valence-electron chi connectivity index (χ1n) is 9.92. The van der Waals surface area contributed by atoms with E-state index in [1.807, 2.05) is 4.90 Å². The predicted molar refractivity (Wildman–Crippen MR) is 101 cm³/mol. The van der Waals surface area contributed by atoms with Crippen molar-refractivity contribution in [3.8, 4) is 0 Å². The monoisotopic (exact) mass is 433 g/mol. The van der Waals surface area contributed by atoms with Crippen molar-refractivity contribution in [3.63, 3.8) is 0 Å². The molecule has 1 N–H and O–H groups in total. The second-order valence-corrected chi connectivity index (χ2v) is 21.9. The van der Waals surface area contributed by atoms with Gasteiger partial charge in [-0.3, -0.25) is 0 Å². The number of rotatable bonds is 10. The van der Waals surface area contributed by atoms with E-state index in [1.54, 1.807) is 6.92 Å². The van der Waals surface area contributed by atoms with Crippen molar-refractivity contribution in [2.24, 2.45) is 0 Å². The molecule has 0 saturated carbocycles. The molecule has 1 aliphatic heterocycles. The van der Waals surface area contributed by atoms with Gasteiger partial charge in [0.25, 0.3) is 0 Å². The zero-order valence-electron chi connectivity index (χ0n) is 16.0. The topological polar surface area (TPSA) is 40.5 Å². The molecule has 136 valence electrons. The fourth-order valence-electron chi connectivity index (χ4n) is 4.34. The van der Waals surface area contributed by atoms with Crippen molar-refractivity contribution in [2.75, 3.05) is 13.1 Å². The third-order valence-electron chi connectivity index (χ3n) is 6.05. The summed E-state index contributed by atoms with van der Waals surface area (Å²) in [5.41, 5.74) is 0. The van der Waals surface area contributed by atoms with Crippen LogP contribution < -0.4 is 0 Å². The summed E-state index contributed by atoms with van der Waals surface area (Å²) in [7, 11) is 0. The number of nitrogens with zero attached hydrogens (tertiary/aromatic N) is 1. The summed E-state index contributed by atoms with van der Waals surface area (Å²) in [5.74, 6) is 0.170. The van der Waals surface area contributed by atoms with Gasteiger partial charge in [-0.1, -0.05) is 0 Å². The Morgan fingerprint density at radius 1 is 0.957 bits per heavy atom. The number of piperidine rings is 1. The molecule has 1 saturated heterocycles. The Morgan fingerprint density at radius 3 is 1.65 bits per heavy atom. The van der Waals surface area contributed by atoms with Gasteiger partial charge in [-0.25, -0.2) is 0 Å². The van der Waals surface area contributed by atoms with Crippen molar-refractivity contribution in [1.29, 1.82) is 0 Å². The molecule has 0 spiro atoms. The van der Waals surface area contributed by atoms with Crippen molar-refractivity contribution in [3.05, 3.63) is 0 Å². The first-order chi connectivity index (χ1) is 10.9. The summed E-state index contributed by atoms with van der Waals surface area (Å²) < 4.78 is 3.67. The maximum absolute atomic E-state index is 11.7. The van der Waals surface area contributed by atoms with Gasteiger partial charge in [0.1, 0.15) is 0 Å². The Labute approximate surface area is 148 Å². The fourth-order valence-corrected chi connectivity index (χ4v) is 23.0. The molecule has 23 heavy (non-hydrogen) atoms. The Bertz CT molecular complexity index is 330. The second-order valence-electron chi connectivity index (χ2n) is 7.63. The van der Waals surface area contributed by atoms with Gasteiger partial charge in [0.15, 0.2) is 0 Å². The summed E-state index contributed by atoms with van der Waals surface area (Å²) in [4.78, 5) is 13.6. The Kier molecular flexibility index (Phi) is 9.50.